The van der Waals surface area contributed by atoms with Gasteiger partial charge in [-0.1, -0.05) is 0 Å². The molecule has 0 spiro atoms. The van der Waals surface area contributed by atoms with Crippen LogP contribution in [0.25, 0.3) is 22.3 Å². The van der Waals surface area contributed by atoms with Gasteiger partial charge in [-0.25, -0.2) is 0 Å². The summed E-state index contributed by atoms with van der Waals surface area (Å²) in [5, 5.41) is 3.22. The van der Waals surface area contributed by atoms with Gasteiger partial charge in [0, 0.05) is 0 Å². The van der Waals surface area contributed by atoms with Gasteiger partial charge in [0.05, 0.1) is 0 Å². The Bertz CT molecular complexity index is 2550. The Morgan fingerprint density at radius 3 is 0.719 bits per heavy atom. The van der Waals surface area contributed by atoms with Crippen LogP contribution in [0.2, 0.25) is 13.1 Å². The first-order chi connectivity index (χ1) is 30.6. The topological polar surface area (TPSA) is 0 Å². The van der Waals surface area contributed by atoms with Gasteiger partial charge in [0.25, 0.3) is 0 Å². The molecule has 0 aliphatic heterocycles. The minimum Gasteiger partial charge on any atom is -0.147 e. The summed E-state index contributed by atoms with van der Waals surface area (Å²) in [6, 6.07) is 66.3. The van der Waals surface area contributed by atoms with Crippen molar-refractivity contribution in [1.29, 1.82) is 0 Å². The predicted octanol–water partition coefficient (Wildman–Crippen LogP) is 14.6. The van der Waals surface area contributed by atoms with E-state index >= 15 is 0 Å². The summed E-state index contributed by atoms with van der Waals surface area (Å²) >= 11 is -4.43. The maximum absolute atomic E-state index is 2.59. The fourth-order valence-electron chi connectivity index (χ4n) is 9.17. The van der Waals surface area contributed by atoms with Gasteiger partial charge in [-0.2, -0.15) is 0 Å². The molecule has 316 valence electrons. The molecule has 0 unspecified atom stereocenters. The quantitative estimate of drug-likeness (QED) is 0.120. The number of hydrogen-bond donors (Lipinski definition) is 0. The van der Waals surface area contributed by atoms with Crippen LogP contribution in [0.1, 0.15) is 47.9 Å². The van der Waals surface area contributed by atoms with Gasteiger partial charge >= 0.3 is 389 Å². The van der Waals surface area contributed by atoms with Crippen LogP contribution < -0.4 is 10.4 Å². The van der Waals surface area contributed by atoms with Crippen LogP contribution in [-0.2, 0) is 40.1 Å². The third-order valence-corrected chi connectivity index (χ3v) is 63.4. The van der Waals surface area contributed by atoms with Crippen LogP contribution in [0.15, 0.2) is 244 Å². The maximum Gasteiger partial charge on any atom is -0.147 e. The van der Waals surface area contributed by atoms with Gasteiger partial charge in [0.15, 0.2) is 0 Å². The molecule has 0 aromatic heterocycles. The van der Waals surface area contributed by atoms with Crippen molar-refractivity contribution in [2.24, 2.45) is 0 Å². The molecule has 6 aromatic carbocycles. The second-order valence-corrected chi connectivity index (χ2v) is 59.0. The molecule has 0 radical (unpaired) electrons. The molecule has 0 fully saturated rings. The van der Waals surface area contributed by atoms with Crippen LogP contribution in [0.4, 0.5) is 0 Å². The van der Waals surface area contributed by atoms with Crippen molar-refractivity contribution < 1.29 is 40.1 Å². The van der Waals surface area contributed by atoms with Crippen LogP contribution in [-0.4, -0.2) is 11.0 Å². The predicted molar refractivity (Wildman–Crippen MR) is 278 cm³/mol. The number of allylic oxidation sites excluding steroid dienone is 16. The molecule has 0 heterocycles. The Balaban J connectivity index is 0.000000186. The van der Waals surface area contributed by atoms with Crippen molar-refractivity contribution in [2.75, 3.05) is 0 Å². The Morgan fingerprint density at radius 1 is 0.297 bits per heavy atom. The van der Waals surface area contributed by atoms with E-state index in [9.17, 15) is 0 Å². The first-order valence-corrected chi connectivity index (χ1v) is 43.9. The third-order valence-electron chi connectivity index (χ3n) is 12.4. The molecule has 4 aliphatic carbocycles. The summed E-state index contributed by atoms with van der Waals surface area (Å²) in [7, 11) is 0. The Hall–Kier alpha value is -4.01. The smallest absolute Gasteiger partial charge is 0.147 e. The van der Waals surface area contributed by atoms with Gasteiger partial charge in [-0.15, -0.1) is 24.8 Å². The zero-order chi connectivity index (χ0) is 42.1. The number of rotatable bonds is 10. The Kier molecular flexibility index (Phi) is 17.6. The summed E-state index contributed by atoms with van der Waals surface area (Å²) in [5.41, 5.74) is 10.00. The van der Waals surface area contributed by atoms with Gasteiger partial charge < -0.3 is 0 Å². The largest absolute Gasteiger partial charge is 0.147 e. The molecule has 64 heavy (non-hydrogen) atoms. The molecular weight excluding hydrogens is 1180 g/mol. The molecule has 10 rings (SSSR count). The van der Waals surface area contributed by atoms with E-state index in [0.717, 1.165) is 25.7 Å². The van der Waals surface area contributed by atoms with Crippen LogP contribution >= 0.6 is 24.8 Å². The molecule has 6 aromatic rings. The van der Waals surface area contributed by atoms with Crippen molar-refractivity contribution in [2.45, 2.75) is 38.8 Å². The minimum atomic E-state index is -2.21. The average Bonchev–Trinajstić information content (AvgIpc) is 4.21. The first kappa shape index (κ1) is 47.9. The third kappa shape index (κ3) is 11.5. The molecule has 4 aliphatic rings. The van der Waals surface area contributed by atoms with Crippen molar-refractivity contribution in [3.05, 3.63) is 266 Å². The van der Waals surface area contributed by atoms with Gasteiger partial charge in [0.1, 0.15) is 0 Å². The van der Waals surface area contributed by atoms with Gasteiger partial charge in [0.2, 0.25) is 0 Å². The molecule has 0 bridgehead atoms. The molecule has 0 nitrogen and oxygen atoms in total. The standard InChI is InChI=1S/4C11H9.2C7H8Si.2ClH.2Hf/c4*1-2-6-10(7-3-1)11-8-4-5-9-11;2*1-8-7-5-3-2-4-6-7;;;;/h4*1-3,6-9H,4H2;2*2-6H,1H3;2*1H;;. The van der Waals surface area contributed by atoms with E-state index < -0.39 is 51.1 Å². The Morgan fingerprint density at radius 2 is 0.500 bits per heavy atom. The Labute approximate surface area is 409 Å². The molecule has 0 saturated heterocycles. The zero-order valence-electron chi connectivity index (χ0n) is 36.6. The van der Waals surface area contributed by atoms with Crippen molar-refractivity contribution in [1.82, 2.24) is 0 Å². The van der Waals surface area contributed by atoms with Crippen molar-refractivity contribution in [3.63, 3.8) is 0 Å². The number of hydrogen-bond acceptors (Lipinski definition) is 0. The van der Waals surface area contributed by atoms with Crippen LogP contribution in [0.3, 0.4) is 0 Å². The van der Waals surface area contributed by atoms with E-state index in [1.54, 1.807) is 23.7 Å². The van der Waals surface area contributed by atoms with E-state index in [1.165, 1.54) is 44.5 Å². The summed E-state index contributed by atoms with van der Waals surface area (Å²) in [4.78, 5) is 0. The van der Waals surface area contributed by atoms with E-state index in [-0.39, 0.29) is 24.8 Å². The molecule has 0 amide bonds. The molecule has 0 N–H and O–H groups in total. The number of halogens is 2. The molecular formula is C58H54Cl2Hf2Si2. The average molecular weight is 1240 g/mol. The van der Waals surface area contributed by atoms with Crippen molar-refractivity contribution >= 4 is 68.5 Å². The fraction of sp³-hybridized carbons (Fsp3) is 0.103. The molecule has 0 atom stereocenters. The zero-order valence-corrected chi connectivity index (χ0v) is 47.4. The minimum absolute atomic E-state index is 0. The maximum atomic E-state index is 2.59. The summed E-state index contributed by atoms with van der Waals surface area (Å²) in [6.45, 7) is 5.18. The van der Waals surface area contributed by atoms with Crippen LogP contribution in [0, 0.1) is 0 Å². The first-order valence-electron chi connectivity index (χ1n) is 22.0. The summed E-state index contributed by atoms with van der Waals surface area (Å²) in [6.07, 6.45) is 24.7. The second-order valence-electron chi connectivity index (χ2n) is 16.3. The monoisotopic (exact) mass is 1240 g/mol. The van der Waals surface area contributed by atoms with Crippen LogP contribution in [0.5, 0.6) is 0 Å². The van der Waals surface area contributed by atoms with E-state index in [4.69, 9.17) is 0 Å². The summed E-state index contributed by atoms with van der Waals surface area (Å²) in [5.74, 6) is 0. The summed E-state index contributed by atoms with van der Waals surface area (Å²) < 4.78 is 7.16. The SMILES string of the molecule is C[Si](c1ccccc1)=[Hf]([C]1=CC(c2ccccc2)=CC1)[C]1=CC(c2ccccc2)=CC1.C[Si](c1ccccc1)=[Hf]([C]1=CC(c2ccccc2)=CC1)[C]1=CC(c2ccccc2)=CC1.Cl.Cl. The van der Waals surface area contributed by atoms with Crippen molar-refractivity contribution in [3.8, 4) is 0 Å². The van der Waals surface area contributed by atoms with E-state index in [2.05, 4.69) is 244 Å². The van der Waals surface area contributed by atoms with Gasteiger partial charge in [-0.3, -0.25) is 0 Å². The molecule has 6 heteroatoms. The number of benzene rings is 6. The van der Waals surface area contributed by atoms with E-state index in [0.29, 0.717) is 0 Å². The molecule has 0 saturated carbocycles. The van der Waals surface area contributed by atoms with Gasteiger partial charge in [-0.05, 0) is 0 Å². The fourth-order valence-corrected chi connectivity index (χ4v) is 61.0. The second kappa shape index (κ2) is 23.4. The van der Waals surface area contributed by atoms with E-state index in [1.807, 2.05) is 0 Å². The normalized spacial score (nSPS) is 14.7.